The molecule has 3 nitrogen and oxygen atoms in total. The molecule has 94 valence electrons. The Balaban J connectivity index is 2.42. The average Bonchev–Trinajstić information content (AvgIpc) is 2.80. The molecule has 0 atom stereocenters. The first-order valence-corrected chi connectivity index (χ1v) is 6.28. The van der Waals surface area contributed by atoms with Crippen LogP contribution in [0.4, 0.5) is 0 Å². The summed E-state index contributed by atoms with van der Waals surface area (Å²) in [6, 6.07) is 7.62. The second kappa shape index (κ2) is 5.17. The number of aromatic nitrogens is 2. The minimum atomic E-state index is 0.0575. The third-order valence-corrected chi connectivity index (χ3v) is 3.23. The lowest BCUT2D eigenvalue weighted by Crippen LogP contribution is -2.12. The van der Waals surface area contributed by atoms with Crippen molar-refractivity contribution < 1.29 is 4.79 Å². The Labute approximate surface area is 107 Å². The van der Waals surface area contributed by atoms with Crippen LogP contribution in [0.5, 0.6) is 0 Å². The van der Waals surface area contributed by atoms with E-state index in [0.717, 1.165) is 29.7 Å². The number of hydrogen-bond acceptors (Lipinski definition) is 2. The van der Waals surface area contributed by atoms with Crippen LogP contribution in [-0.4, -0.2) is 15.6 Å². The summed E-state index contributed by atoms with van der Waals surface area (Å²) < 4.78 is 1.78. The summed E-state index contributed by atoms with van der Waals surface area (Å²) in [6.07, 6.45) is 2.66. The quantitative estimate of drug-likeness (QED) is 0.772. The Hall–Kier alpha value is -1.90. The van der Waals surface area contributed by atoms with Gasteiger partial charge in [-0.15, -0.1) is 0 Å². The van der Waals surface area contributed by atoms with Crippen molar-refractivity contribution in [3.05, 3.63) is 52.8 Å². The predicted octanol–water partition coefficient (Wildman–Crippen LogP) is 3.14. The van der Waals surface area contributed by atoms with Gasteiger partial charge in [-0.2, -0.15) is 5.10 Å². The number of benzene rings is 1. The van der Waals surface area contributed by atoms with E-state index in [9.17, 15) is 4.79 Å². The number of rotatable bonds is 4. The fourth-order valence-corrected chi connectivity index (χ4v) is 2.05. The fraction of sp³-hybridized carbons (Fsp3) is 0.333. The van der Waals surface area contributed by atoms with Crippen LogP contribution in [0.1, 0.15) is 40.5 Å². The zero-order chi connectivity index (χ0) is 13.1. The molecule has 1 aromatic heterocycles. The Morgan fingerprint density at radius 1 is 1.28 bits per heavy atom. The van der Waals surface area contributed by atoms with Crippen LogP contribution in [0.15, 0.2) is 30.5 Å². The van der Waals surface area contributed by atoms with Gasteiger partial charge in [-0.05, 0) is 37.5 Å². The highest BCUT2D eigenvalue weighted by atomic mass is 16.1. The van der Waals surface area contributed by atoms with Gasteiger partial charge in [0.2, 0.25) is 5.78 Å². The van der Waals surface area contributed by atoms with E-state index in [0.29, 0.717) is 5.69 Å². The lowest BCUT2D eigenvalue weighted by atomic mass is 9.99. The number of carbonyl (C=O) groups excluding carboxylic acids is 1. The van der Waals surface area contributed by atoms with Crippen LogP contribution in [0.2, 0.25) is 0 Å². The van der Waals surface area contributed by atoms with E-state index in [2.05, 4.69) is 12.0 Å². The van der Waals surface area contributed by atoms with Crippen LogP contribution >= 0.6 is 0 Å². The Bertz CT molecular complexity index is 570. The topological polar surface area (TPSA) is 34.9 Å². The summed E-state index contributed by atoms with van der Waals surface area (Å²) in [4.78, 5) is 12.5. The lowest BCUT2D eigenvalue weighted by Gasteiger charge is -2.09. The number of ketones is 1. The molecule has 18 heavy (non-hydrogen) atoms. The molecule has 3 heteroatoms. The molecular weight excluding hydrogens is 224 g/mol. The summed E-state index contributed by atoms with van der Waals surface area (Å²) in [5, 5.41) is 4.20. The van der Waals surface area contributed by atoms with E-state index < -0.39 is 0 Å². The van der Waals surface area contributed by atoms with Crippen LogP contribution in [0, 0.1) is 13.8 Å². The van der Waals surface area contributed by atoms with Gasteiger partial charge < -0.3 is 0 Å². The van der Waals surface area contributed by atoms with E-state index >= 15 is 0 Å². The first-order valence-electron chi connectivity index (χ1n) is 6.28. The smallest absolute Gasteiger partial charge is 0.211 e. The van der Waals surface area contributed by atoms with Crippen LogP contribution < -0.4 is 0 Å². The molecule has 0 aliphatic rings. The highest BCUT2D eigenvalue weighted by Crippen LogP contribution is 2.17. The number of carbonyl (C=O) groups is 1. The summed E-state index contributed by atoms with van der Waals surface area (Å²) in [5.41, 5.74) is 3.63. The fourth-order valence-electron chi connectivity index (χ4n) is 2.05. The average molecular weight is 242 g/mol. The Morgan fingerprint density at radius 3 is 2.78 bits per heavy atom. The molecule has 0 bridgehead atoms. The second-order valence-electron chi connectivity index (χ2n) is 4.52. The maximum absolute atomic E-state index is 12.5. The van der Waals surface area contributed by atoms with E-state index in [1.807, 2.05) is 32.0 Å². The molecule has 0 saturated carbocycles. The summed E-state index contributed by atoms with van der Waals surface area (Å²) in [6.45, 7) is 6.87. The monoisotopic (exact) mass is 242 g/mol. The first-order chi connectivity index (χ1) is 8.65. The molecule has 0 amide bonds. The first kappa shape index (κ1) is 12.6. The van der Waals surface area contributed by atoms with Crippen molar-refractivity contribution >= 4 is 5.78 Å². The van der Waals surface area contributed by atoms with Gasteiger partial charge in [0.05, 0.1) is 0 Å². The summed E-state index contributed by atoms with van der Waals surface area (Å²) in [5.74, 6) is 0.0575. The zero-order valence-corrected chi connectivity index (χ0v) is 11.1. The second-order valence-corrected chi connectivity index (χ2v) is 4.52. The Kier molecular flexibility index (Phi) is 3.60. The van der Waals surface area contributed by atoms with Crippen molar-refractivity contribution in [3.63, 3.8) is 0 Å². The van der Waals surface area contributed by atoms with Crippen molar-refractivity contribution in [1.82, 2.24) is 9.78 Å². The van der Waals surface area contributed by atoms with Gasteiger partial charge >= 0.3 is 0 Å². The maximum Gasteiger partial charge on any atom is 0.211 e. The van der Waals surface area contributed by atoms with Crippen LogP contribution in [0.3, 0.4) is 0 Å². The SMILES string of the molecule is CCCn1nccc1C(=O)c1cccc(C)c1C. The minimum Gasteiger partial charge on any atom is -0.287 e. The van der Waals surface area contributed by atoms with Gasteiger partial charge in [0, 0.05) is 18.3 Å². The third-order valence-electron chi connectivity index (χ3n) is 3.23. The molecule has 0 N–H and O–H groups in total. The lowest BCUT2D eigenvalue weighted by molar-refractivity contribution is 0.102. The number of aryl methyl sites for hydroxylation is 2. The van der Waals surface area contributed by atoms with Crippen molar-refractivity contribution in [2.75, 3.05) is 0 Å². The maximum atomic E-state index is 12.5. The normalized spacial score (nSPS) is 10.6. The highest BCUT2D eigenvalue weighted by Gasteiger charge is 2.16. The zero-order valence-electron chi connectivity index (χ0n) is 11.1. The molecule has 0 unspecified atom stereocenters. The van der Waals surface area contributed by atoms with Gasteiger partial charge in [-0.25, -0.2) is 0 Å². The van der Waals surface area contributed by atoms with Gasteiger partial charge in [0.15, 0.2) is 0 Å². The van der Waals surface area contributed by atoms with Gasteiger partial charge in [-0.3, -0.25) is 9.48 Å². The molecule has 0 saturated heterocycles. The van der Waals surface area contributed by atoms with E-state index in [4.69, 9.17) is 0 Å². The predicted molar refractivity (Wildman–Crippen MR) is 71.9 cm³/mol. The van der Waals surface area contributed by atoms with Crippen molar-refractivity contribution in [2.45, 2.75) is 33.7 Å². The molecule has 0 radical (unpaired) electrons. The van der Waals surface area contributed by atoms with E-state index in [-0.39, 0.29) is 5.78 Å². The highest BCUT2D eigenvalue weighted by molar-refractivity contribution is 6.08. The summed E-state index contributed by atoms with van der Waals surface area (Å²) in [7, 11) is 0. The molecule has 0 aliphatic carbocycles. The van der Waals surface area contributed by atoms with Gasteiger partial charge in [0.25, 0.3) is 0 Å². The van der Waals surface area contributed by atoms with Crippen molar-refractivity contribution in [3.8, 4) is 0 Å². The van der Waals surface area contributed by atoms with Crippen LogP contribution in [-0.2, 0) is 6.54 Å². The molecular formula is C15H18N2O. The largest absolute Gasteiger partial charge is 0.287 e. The van der Waals surface area contributed by atoms with E-state index in [1.165, 1.54) is 0 Å². The van der Waals surface area contributed by atoms with Gasteiger partial charge in [0.1, 0.15) is 5.69 Å². The Morgan fingerprint density at radius 2 is 2.06 bits per heavy atom. The number of hydrogen-bond donors (Lipinski definition) is 0. The molecule has 2 aromatic rings. The molecule has 0 fully saturated rings. The molecule has 2 rings (SSSR count). The minimum absolute atomic E-state index is 0.0575. The van der Waals surface area contributed by atoms with Crippen LogP contribution in [0.25, 0.3) is 0 Å². The van der Waals surface area contributed by atoms with Crippen molar-refractivity contribution in [1.29, 1.82) is 0 Å². The molecule has 1 aromatic carbocycles. The molecule has 1 heterocycles. The number of nitrogens with zero attached hydrogens (tertiary/aromatic N) is 2. The van der Waals surface area contributed by atoms with Gasteiger partial charge in [-0.1, -0.05) is 25.1 Å². The standard InChI is InChI=1S/C15H18N2O/c1-4-10-17-14(8-9-16-17)15(18)13-7-5-6-11(2)12(13)3/h5-9H,4,10H2,1-3H3. The third kappa shape index (κ3) is 2.21. The van der Waals surface area contributed by atoms with E-state index in [1.54, 1.807) is 16.9 Å². The molecule has 0 aliphatic heterocycles. The summed E-state index contributed by atoms with van der Waals surface area (Å²) >= 11 is 0. The molecule has 0 spiro atoms. The van der Waals surface area contributed by atoms with Crippen molar-refractivity contribution in [2.24, 2.45) is 0 Å².